The molecule has 156 valence electrons. The van der Waals surface area contributed by atoms with Gasteiger partial charge in [0.2, 0.25) is 0 Å². The van der Waals surface area contributed by atoms with Gasteiger partial charge in [0.1, 0.15) is 12.4 Å². The lowest BCUT2D eigenvalue weighted by Gasteiger charge is -2.26. The molecule has 6 nitrogen and oxygen atoms in total. The van der Waals surface area contributed by atoms with Crippen LogP contribution in [-0.2, 0) is 20.9 Å². The van der Waals surface area contributed by atoms with Crippen LogP contribution in [0, 0.1) is 0 Å². The highest BCUT2D eigenvalue weighted by molar-refractivity contribution is 6.09. The standard InChI is InChI=1S/C24H27N3O3/c1-16-2-5-20-21(7-3-16)26-24(28)22(20)23-19-6-4-18(14-17(19)15-30-23)25-8-9-27-10-12-29-13-11-27/h2-6,14,25H,7-13,15H2,1H3,(H,26,28)/b23-22+. The Morgan fingerprint density at radius 3 is 2.93 bits per heavy atom. The zero-order valence-corrected chi connectivity index (χ0v) is 17.3. The van der Waals surface area contributed by atoms with E-state index in [1.54, 1.807) is 0 Å². The summed E-state index contributed by atoms with van der Waals surface area (Å²) in [6.45, 7) is 8.10. The van der Waals surface area contributed by atoms with Crippen LogP contribution in [0.3, 0.4) is 0 Å². The van der Waals surface area contributed by atoms with E-state index in [2.05, 4.69) is 52.8 Å². The second kappa shape index (κ2) is 8.13. The predicted molar refractivity (Wildman–Crippen MR) is 117 cm³/mol. The summed E-state index contributed by atoms with van der Waals surface area (Å²) in [5, 5.41) is 6.54. The van der Waals surface area contributed by atoms with Crippen molar-refractivity contribution in [3.8, 4) is 0 Å². The number of amides is 1. The van der Waals surface area contributed by atoms with Gasteiger partial charge in [0, 0.05) is 60.7 Å². The van der Waals surface area contributed by atoms with Crippen molar-refractivity contribution in [3.05, 3.63) is 70.0 Å². The number of morpholine rings is 1. The Labute approximate surface area is 176 Å². The molecule has 2 N–H and O–H groups in total. The topological polar surface area (TPSA) is 62.8 Å². The van der Waals surface area contributed by atoms with E-state index in [1.165, 1.54) is 5.57 Å². The van der Waals surface area contributed by atoms with Crippen LogP contribution in [-0.4, -0.2) is 50.2 Å². The molecule has 0 spiro atoms. The number of fused-ring (bicyclic) bond motifs is 1. The zero-order valence-electron chi connectivity index (χ0n) is 17.3. The first-order chi connectivity index (χ1) is 14.7. The fourth-order valence-corrected chi connectivity index (χ4v) is 4.32. The van der Waals surface area contributed by atoms with Gasteiger partial charge in [-0.3, -0.25) is 9.69 Å². The molecule has 6 heteroatoms. The molecular weight excluding hydrogens is 378 g/mol. The fourth-order valence-electron chi connectivity index (χ4n) is 4.32. The summed E-state index contributed by atoms with van der Waals surface area (Å²) in [7, 11) is 0. The minimum atomic E-state index is -0.0758. The summed E-state index contributed by atoms with van der Waals surface area (Å²) in [6.07, 6.45) is 6.94. The Hall–Kier alpha value is -2.83. The lowest BCUT2D eigenvalue weighted by atomic mass is 9.99. The van der Waals surface area contributed by atoms with E-state index in [9.17, 15) is 4.79 Å². The quantitative estimate of drug-likeness (QED) is 0.754. The number of carbonyl (C=O) groups is 1. The number of benzene rings is 1. The third-order valence-corrected chi connectivity index (χ3v) is 6.04. The molecule has 1 amide bonds. The highest BCUT2D eigenvalue weighted by Gasteiger charge is 2.33. The van der Waals surface area contributed by atoms with Crippen LogP contribution in [0.1, 0.15) is 24.5 Å². The molecule has 0 atom stereocenters. The maximum absolute atomic E-state index is 12.7. The van der Waals surface area contributed by atoms with E-state index >= 15 is 0 Å². The van der Waals surface area contributed by atoms with Gasteiger partial charge in [-0.25, -0.2) is 0 Å². The molecule has 1 aromatic carbocycles. The molecule has 0 radical (unpaired) electrons. The Morgan fingerprint density at radius 1 is 1.20 bits per heavy atom. The van der Waals surface area contributed by atoms with E-state index in [4.69, 9.17) is 9.47 Å². The van der Waals surface area contributed by atoms with Gasteiger partial charge in [0.15, 0.2) is 0 Å². The van der Waals surface area contributed by atoms with Gasteiger partial charge in [-0.05, 0) is 25.1 Å². The molecule has 0 bridgehead atoms. The average molecular weight is 405 g/mol. The molecule has 4 aliphatic rings. The van der Waals surface area contributed by atoms with Gasteiger partial charge < -0.3 is 20.1 Å². The number of carbonyl (C=O) groups excluding carboxylic acids is 1. The summed E-state index contributed by atoms with van der Waals surface area (Å²) in [4.78, 5) is 15.1. The van der Waals surface area contributed by atoms with Crippen molar-refractivity contribution < 1.29 is 14.3 Å². The van der Waals surface area contributed by atoms with Gasteiger partial charge in [0.25, 0.3) is 5.91 Å². The maximum Gasteiger partial charge on any atom is 0.259 e. The molecule has 3 heterocycles. The molecule has 1 aromatic rings. The smallest absolute Gasteiger partial charge is 0.259 e. The number of allylic oxidation sites excluding steroid dienone is 4. The first-order valence-corrected chi connectivity index (χ1v) is 10.6. The molecule has 5 rings (SSSR count). The van der Waals surface area contributed by atoms with Crippen LogP contribution >= 0.6 is 0 Å². The van der Waals surface area contributed by atoms with Crippen LogP contribution in [0.15, 0.2) is 58.8 Å². The van der Waals surface area contributed by atoms with Crippen LogP contribution in [0.2, 0.25) is 0 Å². The number of hydrogen-bond donors (Lipinski definition) is 2. The van der Waals surface area contributed by atoms with Crippen molar-refractivity contribution >= 4 is 17.4 Å². The highest BCUT2D eigenvalue weighted by Crippen LogP contribution is 2.39. The zero-order chi connectivity index (χ0) is 20.5. The highest BCUT2D eigenvalue weighted by atomic mass is 16.5. The average Bonchev–Trinajstić information content (AvgIpc) is 3.25. The molecule has 1 aliphatic carbocycles. The first kappa shape index (κ1) is 19.2. The monoisotopic (exact) mass is 405 g/mol. The van der Waals surface area contributed by atoms with Crippen molar-refractivity contribution in [2.24, 2.45) is 0 Å². The molecule has 1 fully saturated rings. The fraction of sp³-hybridized carbons (Fsp3) is 0.375. The van der Waals surface area contributed by atoms with Gasteiger partial charge in [-0.2, -0.15) is 0 Å². The second-order valence-corrected chi connectivity index (χ2v) is 8.08. The second-order valence-electron chi connectivity index (χ2n) is 8.08. The first-order valence-electron chi connectivity index (χ1n) is 10.6. The third-order valence-electron chi connectivity index (χ3n) is 6.04. The van der Waals surface area contributed by atoms with Crippen molar-refractivity contribution in [1.29, 1.82) is 0 Å². The van der Waals surface area contributed by atoms with E-state index in [0.29, 0.717) is 17.9 Å². The summed E-state index contributed by atoms with van der Waals surface area (Å²) in [6, 6.07) is 6.28. The number of hydrogen-bond acceptors (Lipinski definition) is 5. The van der Waals surface area contributed by atoms with Crippen molar-refractivity contribution in [1.82, 2.24) is 10.2 Å². The third kappa shape index (κ3) is 3.68. The van der Waals surface area contributed by atoms with Gasteiger partial charge in [-0.15, -0.1) is 0 Å². The minimum absolute atomic E-state index is 0.0758. The lowest BCUT2D eigenvalue weighted by molar-refractivity contribution is -0.116. The predicted octanol–water partition coefficient (Wildman–Crippen LogP) is 2.96. The SMILES string of the molecule is CC1=CCC2=C(C=C1)/C(=C1\OCc3cc(NCCN4CCOCC4)ccc31)C(=O)N2. The van der Waals surface area contributed by atoms with E-state index < -0.39 is 0 Å². The Bertz CT molecular complexity index is 997. The number of rotatable bonds is 4. The number of nitrogens with one attached hydrogen (secondary N) is 2. The van der Waals surface area contributed by atoms with Gasteiger partial charge in [0.05, 0.1) is 18.8 Å². The van der Waals surface area contributed by atoms with Crippen LogP contribution in [0.25, 0.3) is 5.76 Å². The van der Waals surface area contributed by atoms with Crippen molar-refractivity contribution in [2.75, 3.05) is 44.7 Å². The van der Waals surface area contributed by atoms with Crippen LogP contribution in [0.5, 0.6) is 0 Å². The number of ether oxygens (including phenoxy) is 2. The van der Waals surface area contributed by atoms with Gasteiger partial charge >= 0.3 is 0 Å². The summed E-state index contributed by atoms with van der Waals surface area (Å²) < 4.78 is 11.4. The molecular formula is C24H27N3O3. The Balaban J connectivity index is 1.34. The maximum atomic E-state index is 12.7. The molecule has 30 heavy (non-hydrogen) atoms. The number of anilines is 1. The summed E-state index contributed by atoms with van der Waals surface area (Å²) in [5.41, 5.74) is 6.96. The van der Waals surface area contributed by atoms with Crippen molar-refractivity contribution in [3.63, 3.8) is 0 Å². The van der Waals surface area contributed by atoms with E-state index in [0.717, 1.165) is 73.9 Å². The molecule has 0 aromatic heterocycles. The Kier molecular flexibility index (Phi) is 5.19. The normalized spacial score (nSPS) is 23.5. The molecule has 3 aliphatic heterocycles. The minimum Gasteiger partial charge on any atom is -0.487 e. The summed E-state index contributed by atoms with van der Waals surface area (Å²) >= 11 is 0. The summed E-state index contributed by atoms with van der Waals surface area (Å²) in [5.74, 6) is 0.615. The molecule has 1 saturated heterocycles. The largest absolute Gasteiger partial charge is 0.487 e. The molecule has 0 unspecified atom stereocenters. The molecule has 0 saturated carbocycles. The Morgan fingerprint density at radius 2 is 2.07 bits per heavy atom. The van der Waals surface area contributed by atoms with Gasteiger partial charge in [-0.1, -0.05) is 23.8 Å². The van der Waals surface area contributed by atoms with E-state index in [-0.39, 0.29) is 5.91 Å². The number of nitrogens with zero attached hydrogens (tertiary/aromatic N) is 1. The lowest BCUT2D eigenvalue weighted by Crippen LogP contribution is -2.39. The van der Waals surface area contributed by atoms with E-state index in [1.807, 2.05) is 6.08 Å². The van der Waals surface area contributed by atoms with Crippen molar-refractivity contribution in [2.45, 2.75) is 20.0 Å². The van der Waals surface area contributed by atoms with Crippen LogP contribution in [0.4, 0.5) is 5.69 Å². The van der Waals surface area contributed by atoms with Crippen LogP contribution < -0.4 is 10.6 Å².